The van der Waals surface area contributed by atoms with Gasteiger partial charge in [0, 0.05) is 19.3 Å². The third-order valence-corrected chi connectivity index (χ3v) is 3.06. The highest BCUT2D eigenvalue weighted by molar-refractivity contribution is 4.74. The minimum atomic E-state index is 0.212. The zero-order valence-electron chi connectivity index (χ0n) is 13.9. The first-order valence-electron chi connectivity index (χ1n) is 7.67. The average molecular weight is 273 g/mol. The second-order valence-electron chi connectivity index (χ2n) is 6.87. The second-order valence-corrected chi connectivity index (χ2v) is 6.87. The Hall–Kier alpha value is -0.120. The van der Waals surface area contributed by atoms with Crippen molar-refractivity contribution in [2.45, 2.75) is 59.4 Å². The molecule has 0 aliphatic heterocycles. The van der Waals surface area contributed by atoms with Crippen LogP contribution < -0.4 is 5.32 Å². The van der Waals surface area contributed by atoms with E-state index in [9.17, 15) is 0 Å². The van der Waals surface area contributed by atoms with Crippen LogP contribution in [-0.2, 0) is 9.47 Å². The lowest BCUT2D eigenvalue weighted by atomic mass is 9.92. The molecule has 1 atom stereocenters. The van der Waals surface area contributed by atoms with E-state index in [1.807, 2.05) is 0 Å². The Morgan fingerprint density at radius 3 is 2.26 bits per heavy atom. The number of hydrogen-bond acceptors (Lipinski definition) is 3. The van der Waals surface area contributed by atoms with Gasteiger partial charge in [0.15, 0.2) is 0 Å². The molecule has 0 aliphatic carbocycles. The highest BCUT2D eigenvalue weighted by atomic mass is 16.5. The van der Waals surface area contributed by atoms with Crippen LogP contribution in [-0.4, -0.2) is 39.0 Å². The molecule has 0 aromatic carbocycles. The van der Waals surface area contributed by atoms with E-state index in [-0.39, 0.29) is 5.54 Å². The Morgan fingerprint density at radius 2 is 1.74 bits per heavy atom. The molecule has 0 aromatic heterocycles. The van der Waals surface area contributed by atoms with Gasteiger partial charge in [-0.1, -0.05) is 13.8 Å². The molecule has 0 rings (SSSR count). The molecule has 0 spiro atoms. The maximum atomic E-state index is 5.53. The van der Waals surface area contributed by atoms with Crippen molar-refractivity contribution in [3.8, 4) is 0 Å². The van der Waals surface area contributed by atoms with E-state index in [0.29, 0.717) is 13.2 Å². The molecule has 0 aliphatic rings. The van der Waals surface area contributed by atoms with Gasteiger partial charge >= 0.3 is 0 Å². The van der Waals surface area contributed by atoms with E-state index in [0.717, 1.165) is 31.4 Å². The van der Waals surface area contributed by atoms with Gasteiger partial charge < -0.3 is 14.8 Å². The van der Waals surface area contributed by atoms with Crippen LogP contribution >= 0.6 is 0 Å². The van der Waals surface area contributed by atoms with Gasteiger partial charge in [0.05, 0.1) is 13.2 Å². The molecular formula is C16H35NO2. The summed E-state index contributed by atoms with van der Waals surface area (Å²) in [6, 6.07) is 0. The number of nitrogens with one attached hydrogen (secondary N) is 1. The average Bonchev–Trinajstić information content (AvgIpc) is 2.28. The first-order chi connectivity index (χ1) is 8.85. The van der Waals surface area contributed by atoms with Crippen molar-refractivity contribution in [3.05, 3.63) is 0 Å². The summed E-state index contributed by atoms with van der Waals surface area (Å²) in [6.07, 6.45) is 3.68. The van der Waals surface area contributed by atoms with Crippen molar-refractivity contribution in [2.24, 2.45) is 11.8 Å². The number of methoxy groups -OCH3 is 1. The van der Waals surface area contributed by atoms with Crippen LogP contribution in [0.1, 0.15) is 53.9 Å². The summed E-state index contributed by atoms with van der Waals surface area (Å²) in [5, 5.41) is 3.63. The van der Waals surface area contributed by atoms with E-state index >= 15 is 0 Å². The van der Waals surface area contributed by atoms with Crippen molar-refractivity contribution in [2.75, 3.05) is 33.5 Å². The molecule has 116 valence electrons. The van der Waals surface area contributed by atoms with E-state index in [1.54, 1.807) is 7.11 Å². The molecule has 0 amide bonds. The van der Waals surface area contributed by atoms with Gasteiger partial charge in [0.1, 0.15) is 0 Å². The zero-order chi connectivity index (χ0) is 14.7. The first kappa shape index (κ1) is 18.9. The molecule has 0 aromatic rings. The van der Waals surface area contributed by atoms with Crippen molar-refractivity contribution in [1.82, 2.24) is 5.32 Å². The monoisotopic (exact) mass is 273 g/mol. The molecule has 1 unspecified atom stereocenters. The quantitative estimate of drug-likeness (QED) is 0.585. The zero-order valence-corrected chi connectivity index (χ0v) is 13.9. The molecule has 0 radical (unpaired) electrons. The summed E-state index contributed by atoms with van der Waals surface area (Å²) in [6.45, 7) is 14.7. The Bertz CT molecular complexity index is 199. The molecule has 3 nitrogen and oxygen atoms in total. The Kier molecular flexibility index (Phi) is 10.6. The van der Waals surface area contributed by atoms with Crippen LogP contribution in [0.25, 0.3) is 0 Å². The first-order valence-corrected chi connectivity index (χ1v) is 7.67. The van der Waals surface area contributed by atoms with Crippen molar-refractivity contribution in [1.29, 1.82) is 0 Å². The molecule has 0 saturated carbocycles. The van der Waals surface area contributed by atoms with Gasteiger partial charge in [-0.05, 0) is 58.4 Å². The molecule has 0 saturated heterocycles. The van der Waals surface area contributed by atoms with Gasteiger partial charge in [-0.15, -0.1) is 0 Å². The van der Waals surface area contributed by atoms with Crippen molar-refractivity contribution < 1.29 is 9.47 Å². The summed E-state index contributed by atoms with van der Waals surface area (Å²) in [4.78, 5) is 0. The van der Waals surface area contributed by atoms with E-state index in [4.69, 9.17) is 9.47 Å². The summed E-state index contributed by atoms with van der Waals surface area (Å²) in [5.41, 5.74) is 0.212. The van der Waals surface area contributed by atoms with Crippen LogP contribution in [0.5, 0.6) is 0 Å². The number of rotatable bonds is 11. The van der Waals surface area contributed by atoms with Crippen molar-refractivity contribution >= 4 is 0 Å². The molecule has 19 heavy (non-hydrogen) atoms. The SMILES string of the molecule is COCCOCCCC(CNC(C)(C)C)CC(C)C. The van der Waals surface area contributed by atoms with E-state index in [2.05, 4.69) is 39.9 Å². The normalized spacial score (nSPS) is 14.1. The van der Waals surface area contributed by atoms with Gasteiger partial charge in [0.25, 0.3) is 0 Å². The fraction of sp³-hybridized carbons (Fsp3) is 1.00. The topological polar surface area (TPSA) is 30.5 Å². The number of hydrogen-bond donors (Lipinski definition) is 1. The predicted octanol–water partition coefficient (Wildman–Crippen LogP) is 3.48. The highest BCUT2D eigenvalue weighted by Crippen LogP contribution is 2.17. The van der Waals surface area contributed by atoms with Crippen LogP contribution in [0.3, 0.4) is 0 Å². The fourth-order valence-electron chi connectivity index (χ4n) is 2.14. The molecule has 0 bridgehead atoms. The van der Waals surface area contributed by atoms with E-state index < -0.39 is 0 Å². The van der Waals surface area contributed by atoms with Crippen LogP contribution in [0.2, 0.25) is 0 Å². The lowest BCUT2D eigenvalue weighted by Crippen LogP contribution is -2.39. The third kappa shape index (κ3) is 14.1. The summed E-state index contributed by atoms with van der Waals surface area (Å²) >= 11 is 0. The van der Waals surface area contributed by atoms with Gasteiger partial charge in [0.2, 0.25) is 0 Å². The maximum Gasteiger partial charge on any atom is 0.0700 e. The smallest absolute Gasteiger partial charge is 0.0700 e. The minimum Gasteiger partial charge on any atom is -0.382 e. The maximum absolute atomic E-state index is 5.53. The van der Waals surface area contributed by atoms with Gasteiger partial charge in [-0.3, -0.25) is 0 Å². The predicted molar refractivity (Wildman–Crippen MR) is 82.6 cm³/mol. The van der Waals surface area contributed by atoms with Crippen LogP contribution in [0.15, 0.2) is 0 Å². The Labute approximate surface area is 120 Å². The second kappa shape index (κ2) is 10.6. The summed E-state index contributed by atoms with van der Waals surface area (Å²) in [7, 11) is 1.71. The Morgan fingerprint density at radius 1 is 1.05 bits per heavy atom. The minimum absolute atomic E-state index is 0.212. The van der Waals surface area contributed by atoms with Gasteiger partial charge in [-0.2, -0.15) is 0 Å². The lowest BCUT2D eigenvalue weighted by molar-refractivity contribution is 0.0667. The van der Waals surface area contributed by atoms with Crippen molar-refractivity contribution in [3.63, 3.8) is 0 Å². The standard InChI is InChI=1S/C16H35NO2/c1-14(2)12-15(13-17-16(3,4)5)8-7-9-19-11-10-18-6/h14-15,17H,7-13H2,1-6H3. The lowest BCUT2D eigenvalue weighted by Gasteiger charge is -2.26. The molecular weight excluding hydrogens is 238 g/mol. The molecule has 3 heteroatoms. The largest absolute Gasteiger partial charge is 0.382 e. The van der Waals surface area contributed by atoms with E-state index in [1.165, 1.54) is 12.8 Å². The molecule has 1 N–H and O–H groups in total. The van der Waals surface area contributed by atoms with Crippen LogP contribution in [0.4, 0.5) is 0 Å². The number of ether oxygens (including phenoxy) is 2. The van der Waals surface area contributed by atoms with Gasteiger partial charge in [-0.25, -0.2) is 0 Å². The molecule has 0 heterocycles. The van der Waals surface area contributed by atoms with Crippen LogP contribution in [0, 0.1) is 11.8 Å². The highest BCUT2D eigenvalue weighted by Gasteiger charge is 2.15. The summed E-state index contributed by atoms with van der Waals surface area (Å²) < 4.78 is 10.5. The molecule has 0 fully saturated rings. The fourth-order valence-corrected chi connectivity index (χ4v) is 2.14. The summed E-state index contributed by atoms with van der Waals surface area (Å²) in [5.74, 6) is 1.52. The Balaban J connectivity index is 3.80. The third-order valence-electron chi connectivity index (χ3n) is 3.06.